The Hall–Kier alpha value is -1.18. The van der Waals surface area contributed by atoms with Crippen molar-refractivity contribution in [3.05, 3.63) is 24.0 Å². The Morgan fingerprint density at radius 2 is 2.11 bits per heavy atom. The Labute approximate surface area is 111 Å². The summed E-state index contributed by atoms with van der Waals surface area (Å²) < 4.78 is 40.0. The van der Waals surface area contributed by atoms with Crippen molar-refractivity contribution in [2.75, 3.05) is 18.9 Å². The minimum atomic E-state index is -3.91. The molecule has 0 unspecified atom stereocenters. The fraction of sp³-hybridized carbons (Fsp3) is 0.500. The third kappa shape index (κ3) is 3.23. The molecule has 0 bridgehead atoms. The predicted octanol–water partition coefficient (Wildman–Crippen LogP) is 0.849. The van der Waals surface area contributed by atoms with Gasteiger partial charge in [-0.25, -0.2) is 17.5 Å². The molecule has 1 fully saturated rings. The number of nitrogens with two attached hydrogens (primary N) is 1. The Morgan fingerprint density at radius 3 is 2.68 bits per heavy atom. The highest BCUT2D eigenvalue weighted by atomic mass is 32.2. The van der Waals surface area contributed by atoms with Crippen molar-refractivity contribution < 1.29 is 17.9 Å². The van der Waals surface area contributed by atoms with Crippen LogP contribution >= 0.6 is 0 Å². The van der Waals surface area contributed by atoms with Crippen LogP contribution in [0.3, 0.4) is 0 Å². The Kier molecular flexibility index (Phi) is 3.80. The zero-order chi connectivity index (χ0) is 14.1. The van der Waals surface area contributed by atoms with Crippen LogP contribution in [-0.4, -0.2) is 26.7 Å². The molecule has 0 atom stereocenters. The largest absolute Gasteiger partial charge is 0.399 e. The summed E-state index contributed by atoms with van der Waals surface area (Å²) in [6.45, 7) is 0.235. The van der Waals surface area contributed by atoms with Crippen molar-refractivity contribution in [2.45, 2.75) is 24.2 Å². The molecule has 0 spiro atoms. The van der Waals surface area contributed by atoms with E-state index in [1.54, 1.807) is 0 Å². The molecular formula is C12H17FN2O3S. The summed E-state index contributed by atoms with van der Waals surface area (Å²) in [6, 6.07) is 3.44. The summed E-state index contributed by atoms with van der Waals surface area (Å²) in [7, 11) is -3.91. The molecule has 0 aromatic heterocycles. The third-order valence-corrected chi connectivity index (χ3v) is 4.90. The van der Waals surface area contributed by atoms with Gasteiger partial charge >= 0.3 is 0 Å². The van der Waals surface area contributed by atoms with Crippen LogP contribution in [0.2, 0.25) is 0 Å². The number of sulfonamides is 1. The molecular weight excluding hydrogens is 271 g/mol. The van der Waals surface area contributed by atoms with E-state index in [-0.39, 0.29) is 24.3 Å². The Morgan fingerprint density at radius 1 is 1.42 bits per heavy atom. The van der Waals surface area contributed by atoms with Gasteiger partial charge in [-0.3, -0.25) is 0 Å². The van der Waals surface area contributed by atoms with E-state index in [9.17, 15) is 12.8 Å². The molecule has 1 aromatic rings. The predicted molar refractivity (Wildman–Crippen MR) is 69.4 cm³/mol. The van der Waals surface area contributed by atoms with Crippen LogP contribution in [-0.2, 0) is 10.0 Å². The van der Waals surface area contributed by atoms with Gasteiger partial charge in [-0.15, -0.1) is 0 Å². The van der Waals surface area contributed by atoms with Crippen molar-refractivity contribution in [1.82, 2.24) is 4.72 Å². The van der Waals surface area contributed by atoms with Crippen molar-refractivity contribution in [2.24, 2.45) is 5.41 Å². The molecule has 5 nitrogen and oxygen atoms in total. The van der Waals surface area contributed by atoms with Crippen molar-refractivity contribution in [3.63, 3.8) is 0 Å². The number of aliphatic hydroxyl groups is 1. The lowest BCUT2D eigenvalue weighted by Crippen LogP contribution is -2.31. The normalized spacial score (nSPS) is 17.4. The number of benzene rings is 1. The van der Waals surface area contributed by atoms with Gasteiger partial charge in [0.1, 0.15) is 10.7 Å². The van der Waals surface area contributed by atoms with Crippen LogP contribution in [0, 0.1) is 11.2 Å². The average molecular weight is 288 g/mol. The molecule has 0 amide bonds. The SMILES string of the molecule is Nc1ccc(F)c(S(=O)(=O)NCC2(CCO)CC2)c1. The number of anilines is 1. The minimum absolute atomic E-state index is 0.0222. The summed E-state index contributed by atoms with van der Waals surface area (Å²) in [5.41, 5.74) is 5.50. The zero-order valence-electron chi connectivity index (χ0n) is 10.4. The molecule has 0 saturated heterocycles. The van der Waals surface area contributed by atoms with Crippen LogP contribution in [0.5, 0.6) is 0 Å². The maximum absolute atomic E-state index is 13.5. The summed E-state index contributed by atoms with van der Waals surface area (Å²) >= 11 is 0. The van der Waals surface area contributed by atoms with Gasteiger partial charge in [0.15, 0.2) is 0 Å². The molecule has 7 heteroatoms. The summed E-state index contributed by atoms with van der Waals surface area (Å²) in [6.07, 6.45) is 2.29. The van der Waals surface area contributed by atoms with Gasteiger partial charge < -0.3 is 10.8 Å². The standard InChI is InChI=1S/C12H17FN2O3S/c13-10-2-1-9(14)7-11(10)19(17,18)15-8-12(3-4-12)5-6-16/h1-2,7,15-16H,3-6,8,14H2. The number of nitrogen functional groups attached to an aromatic ring is 1. The van der Waals surface area contributed by atoms with Crippen molar-refractivity contribution in [3.8, 4) is 0 Å². The van der Waals surface area contributed by atoms with Gasteiger partial charge in [0.05, 0.1) is 0 Å². The van der Waals surface area contributed by atoms with E-state index in [2.05, 4.69) is 4.72 Å². The van der Waals surface area contributed by atoms with E-state index in [4.69, 9.17) is 10.8 Å². The van der Waals surface area contributed by atoms with Gasteiger partial charge in [-0.1, -0.05) is 0 Å². The molecule has 1 saturated carbocycles. The monoisotopic (exact) mass is 288 g/mol. The van der Waals surface area contributed by atoms with Crippen molar-refractivity contribution in [1.29, 1.82) is 0 Å². The van der Waals surface area contributed by atoms with E-state index < -0.39 is 20.7 Å². The van der Waals surface area contributed by atoms with E-state index in [0.717, 1.165) is 25.0 Å². The topological polar surface area (TPSA) is 92.4 Å². The lowest BCUT2D eigenvalue weighted by Gasteiger charge is -2.15. The summed E-state index contributed by atoms with van der Waals surface area (Å²) in [4.78, 5) is -0.438. The molecule has 0 aliphatic heterocycles. The summed E-state index contributed by atoms with van der Waals surface area (Å²) in [5.74, 6) is -0.825. The first-order chi connectivity index (χ1) is 8.88. The molecule has 1 aliphatic rings. The Balaban J connectivity index is 2.12. The molecule has 0 heterocycles. The first-order valence-corrected chi connectivity index (χ1v) is 7.52. The van der Waals surface area contributed by atoms with Gasteiger partial charge in [0, 0.05) is 18.8 Å². The Bertz CT molecular complexity index is 570. The van der Waals surface area contributed by atoms with Gasteiger partial charge in [0.2, 0.25) is 10.0 Å². The average Bonchev–Trinajstić information content (AvgIpc) is 3.11. The van der Waals surface area contributed by atoms with E-state index in [0.29, 0.717) is 6.42 Å². The van der Waals surface area contributed by atoms with E-state index >= 15 is 0 Å². The van der Waals surface area contributed by atoms with Crippen LogP contribution < -0.4 is 10.5 Å². The number of nitrogens with one attached hydrogen (secondary N) is 1. The van der Waals surface area contributed by atoms with Crippen molar-refractivity contribution >= 4 is 15.7 Å². The smallest absolute Gasteiger partial charge is 0.243 e. The van der Waals surface area contributed by atoms with Crippen LogP contribution in [0.4, 0.5) is 10.1 Å². The maximum atomic E-state index is 13.5. The maximum Gasteiger partial charge on any atom is 0.243 e. The number of aliphatic hydroxyl groups excluding tert-OH is 1. The zero-order valence-corrected chi connectivity index (χ0v) is 11.2. The van der Waals surface area contributed by atoms with Gasteiger partial charge in [0.25, 0.3) is 0 Å². The minimum Gasteiger partial charge on any atom is -0.399 e. The highest BCUT2D eigenvalue weighted by Crippen LogP contribution is 2.48. The van der Waals surface area contributed by atoms with Crippen LogP contribution in [0.1, 0.15) is 19.3 Å². The third-order valence-electron chi connectivity index (χ3n) is 3.48. The molecule has 19 heavy (non-hydrogen) atoms. The summed E-state index contributed by atoms with van der Waals surface area (Å²) in [5, 5.41) is 8.92. The van der Waals surface area contributed by atoms with E-state index in [1.165, 1.54) is 6.07 Å². The van der Waals surface area contributed by atoms with E-state index in [1.807, 2.05) is 0 Å². The lowest BCUT2D eigenvalue weighted by atomic mass is 10.0. The highest BCUT2D eigenvalue weighted by Gasteiger charge is 2.42. The quantitative estimate of drug-likeness (QED) is 0.677. The van der Waals surface area contributed by atoms with Crippen LogP contribution in [0.15, 0.2) is 23.1 Å². The molecule has 1 aromatic carbocycles. The number of halogens is 1. The number of rotatable bonds is 6. The van der Waals surface area contributed by atoms with Gasteiger partial charge in [-0.2, -0.15) is 0 Å². The first-order valence-electron chi connectivity index (χ1n) is 6.04. The molecule has 106 valence electrons. The fourth-order valence-corrected chi connectivity index (χ4v) is 3.25. The molecule has 4 N–H and O–H groups in total. The first kappa shape index (κ1) is 14.2. The fourth-order valence-electron chi connectivity index (χ4n) is 1.98. The second kappa shape index (κ2) is 5.07. The number of hydrogen-bond acceptors (Lipinski definition) is 4. The second-order valence-corrected chi connectivity index (χ2v) is 6.72. The number of hydrogen-bond donors (Lipinski definition) is 3. The molecule has 2 rings (SSSR count). The molecule has 0 radical (unpaired) electrons. The second-order valence-electron chi connectivity index (χ2n) is 4.99. The lowest BCUT2D eigenvalue weighted by molar-refractivity contribution is 0.249. The molecule has 1 aliphatic carbocycles. The highest BCUT2D eigenvalue weighted by molar-refractivity contribution is 7.89. The van der Waals surface area contributed by atoms with Gasteiger partial charge in [-0.05, 0) is 42.9 Å². The van der Waals surface area contributed by atoms with Crippen LogP contribution in [0.25, 0.3) is 0 Å².